The summed E-state index contributed by atoms with van der Waals surface area (Å²) < 4.78 is 9.22. The highest BCUT2D eigenvalue weighted by Gasteiger charge is 2.34. The highest BCUT2D eigenvalue weighted by molar-refractivity contribution is 6.17. The van der Waals surface area contributed by atoms with Gasteiger partial charge in [0.15, 0.2) is 17.5 Å². The molecule has 0 heterocycles. The lowest BCUT2D eigenvalue weighted by Crippen LogP contribution is -2.33. The van der Waals surface area contributed by atoms with Crippen LogP contribution in [0.1, 0.15) is 52.4 Å². The van der Waals surface area contributed by atoms with E-state index in [-0.39, 0.29) is 25.9 Å². The summed E-state index contributed by atoms with van der Waals surface area (Å²) in [6.07, 6.45) is 2.26. The molecule has 120 valence electrons. The van der Waals surface area contributed by atoms with Crippen LogP contribution < -0.4 is 0 Å². The first-order valence-electron chi connectivity index (χ1n) is 7.26. The molecule has 0 saturated carbocycles. The molecule has 0 aromatic carbocycles. The van der Waals surface area contributed by atoms with E-state index < -0.39 is 29.4 Å². The third kappa shape index (κ3) is 7.58. The summed E-state index contributed by atoms with van der Waals surface area (Å²) >= 11 is 0. The average Bonchev–Trinajstić information content (AvgIpc) is 2.45. The molecule has 0 aliphatic rings. The van der Waals surface area contributed by atoms with Crippen LogP contribution in [-0.4, -0.2) is 37.2 Å². The minimum absolute atomic E-state index is 0.0991. The van der Waals surface area contributed by atoms with E-state index in [1.54, 1.807) is 6.92 Å². The van der Waals surface area contributed by atoms with E-state index in [2.05, 4.69) is 4.74 Å². The Labute approximate surface area is 125 Å². The molecular formula is C15H24O6. The molecule has 0 bridgehead atoms. The van der Waals surface area contributed by atoms with Crippen LogP contribution in [0.5, 0.6) is 0 Å². The highest BCUT2D eigenvalue weighted by Crippen LogP contribution is 2.13. The van der Waals surface area contributed by atoms with E-state index >= 15 is 0 Å². The van der Waals surface area contributed by atoms with E-state index in [0.717, 1.165) is 12.8 Å². The van der Waals surface area contributed by atoms with Crippen molar-refractivity contribution in [2.24, 2.45) is 5.92 Å². The Bertz CT molecular complexity index is 374. The molecule has 0 aliphatic heterocycles. The first-order chi connectivity index (χ1) is 9.97. The maximum absolute atomic E-state index is 12.1. The molecule has 0 N–H and O–H groups in total. The number of ether oxygens (including phenoxy) is 2. The molecule has 21 heavy (non-hydrogen) atoms. The molecule has 0 spiro atoms. The van der Waals surface area contributed by atoms with Gasteiger partial charge in [0.25, 0.3) is 0 Å². The van der Waals surface area contributed by atoms with Crippen molar-refractivity contribution in [3.8, 4) is 0 Å². The number of carbonyl (C=O) groups excluding carboxylic acids is 4. The van der Waals surface area contributed by atoms with Gasteiger partial charge in [0.05, 0.1) is 20.1 Å². The molecule has 0 amide bonds. The third-order valence-electron chi connectivity index (χ3n) is 3.00. The molecule has 1 atom stereocenters. The van der Waals surface area contributed by atoms with Crippen molar-refractivity contribution in [1.29, 1.82) is 0 Å². The molecule has 1 unspecified atom stereocenters. The SMILES string of the molecule is CCCCCC(=O)C(C(=O)CCC(=O)OC)C(=O)OCC. The van der Waals surface area contributed by atoms with E-state index in [1.807, 2.05) is 6.92 Å². The number of hydrogen-bond acceptors (Lipinski definition) is 6. The highest BCUT2D eigenvalue weighted by atomic mass is 16.5. The number of esters is 2. The number of ketones is 2. The second kappa shape index (κ2) is 11.0. The standard InChI is InChI=1S/C15H24O6/c1-4-6-7-8-11(16)14(15(19)21-5-2)12(17)9-10-13(18)20-3/h14H,4-10H2,1-3H3. The fourth-order valence-electron chi connectivity index (χ4n) is 1.83. The van der Waals surface area contributed by atoms with Crippen molar-refractivity contribution >= 4 is 23.5 Å². The maximum Gasteiger partial charge on any atom is 0.324 e. The molecule has 0 aliphatic carbocycles. The van der Waals surface area contributed by atoms with E-state index in [4.69, 9.17) is 4.74 Å². The van der Waals surface area contributed by atoms with Crippen molar-refractivity contribution in [3.05, 3.63) is 0 Å². The predicted molar refractivity (Wildman–Crippen MR) is 75.5 cm³/mol. The second-order valence-electron chi connectivity index (χ2n) is 4.65. The van der Waals surface area contributed by atoms with Gasteiger partial charge in [0.2, 0.25) is 0 Å². The van der Waals surface area contributed by atoms with Crippen LogP contribution in [0.2, 0.25) is 0 Å². The molecule has 0 fully saturated rings. The topological polar surface area (TPSA) is 86.7 Å². The van der Waals surface area contributed by atoms with Gasteiger partial charge in [-0.25, -0.2) is 0 Å². The van der Waals surface area contributed by atoms with Crippen molar-refractivity contribution in [1.82, 2.24) is 0 Å². The van der Waals surface area contributed by atoms with Crippen molar-refractivity contribution in [2.45, 2.75) is 52.4 Å². The number of unbranched alkanes of at least 4 members (excludes halogenated alkanes) is 2. The molecule has 0 radical (unpaired) electrons. The summed E-state index contributed by atoms with van der Waals surface area (Å²) in [6, 6.07) is 0. The number of methoxy groups -OCH3 is 1. The molecular weight excluding hydrogens is 276 g/mol. The Balaban J connectivity index is 4.71. The van der Waals surface area contributed by atoms with Crippen LogP contribution in [0.3, 0.4) is 0 Å². The van der Waals surface area contributed by atoms with Crippen molar-refractivity contribution in [3.63, 3.8) is 0 Å². The van der Waals surface area contributed by atoms with E-state index in [0.29, 0.717) is 6.42 Å². The van der Waals surface area contributed by atoms with Gasteiger partial charge in [0.1, 0.15) is 0 Å². The third-order valence-corrected chi connectivity index (χ3v) is 3.00. The van der Waals surface area contributed by atoms with Crippen LogP contribution in [0.15, 0.2) is 0 Å². The van der Waals surface area contributed by atoms with Crippen LogP contribution in [-0.2, 0) is 28.7 Å². The average molecular weight is 300 g/mol. The van der Waals surface area contributed by atoms with E-state index in [9.17, 15) is 19.2 Å². The number of rotatable bonds is 11. The fraction of sp³-hybridized carbons (Fsp3) is 0.733. The minimum atomic E-state index is -1.41. The van der Waals surface area contributed by atoms with Gasteiger partial charge in [0, 0.05) is 12.8 Å². The molecule has 0 saturated heterocycles. The summed E-state index contributed by atoms with van der Waals surface area (Å²) in [5.41, 5.74) is 0. The van der Waals surface area contributed by atoms with Gasteiger partial charge in [-0.15, -0.1) is 0 Å². The summed E-state index contributed by atoms with van der Waals surface area (Å²) in [5, 5.41) is 0. The monoisotopic (exact) mass is 300 g/mol. The summed E-state index contributed by atoms with van der Waals surface area (Å²) in [7, 11) is 1.21. The Morgan fingerprint density at radius 3 is 2.05 bits per heavy atom. The van der Waals surface area contributed by atoms with Gasteiger partial charge in [-0.3, -0.25) is 19.2 Å². The predicted octanol–water partition coefficient (Wildman–Crippen LogP) is 1.84. The Morgan fingerprint density at radius 1 is 0.905 bits per heavy atom. The van der Waals surface area contributed by atoms with Crippen LogP contribution in [0, 0.1) is 5.92 Å². The summed E-state index contributed by atoms with van der Waals surface area (Å²) in [5.74, 6) is -3.80. The fourth-order valence-corrected chi connectivity index (χ4v) is 1.83. The number of Topliss-reactive ketones (excluding diaryl/α,β-unsaturated/α-hetero) is 2. The Hall–Kier alpha value is -1.72. The first kappa shape index (κ1) is 19.3. The van der Waals surface area contributed by atoms with Crippen LogP contribution in [0.25, 0.3) is 0 Å². The minimum Gasteiger partial charge on any atom is -0.469 e. The maximum atomic E-state index is 12.1. The Kier molecular flexibility index (Phi) is 10.1. The quantitative estimate of drug-likeness (QED) is 0.329. The molecule has 0 rings (SSSR count). The number of carbonyl (C=O) groups is 4. The summed E-state index contributed by atoms with van der Waals surface area (Å²) in [6.45, 7) is 3.70. The molecule has 0 aromatic heterocycles. The van der Waals surface area contributed by atoms with Gasteiger partial charge in [-0.1, -0.05) is 19.8 Å². The largest absolute Gasteiger partial charge is 0.469 e. The smallest absolute Gasteiger partial charge is 0.324 e. The zero-order valence-corrected chi connectivity index (χ0v) is 13.0. The molecule has 6 nitrogen and oxygen atoms in total. The van der Waals surface area contributed by atoms with Gasteiger partial charge < -0.3 is 9.47 Å². The van der Waals surface area contributed by atoms with Gasteiger partial charge in [-0.05, 0) is 13.3 Å². The molecule has 6 heteroatoms. The van der Waals surface area contributed by atoms with E-state index in [1.165, 1.54) is 7.11 Å². The normalized spacial score (nSPS) is 11.6. The second-order valence-corrected chi connectivity index (χ2v) is 4.65. The number of hydrogen-bond donors (Lipinski definition) is 0. The summed E-state index contributed by atoms with van der Waals surface area (Å²) in [4.78, 5) is 46.9. The van der Waals surface area contributed by atoms with Crippen LogP contribution in [0.4, 0.5) is 0 Å². The zero-order chi connectivity index (χ0) is 16.3. The molecule has 0 aromatic rings. The van der Waals surface area contributed by atoms with Crippen molar-refractivity contribution < 1.29 is 28.7 Å². The first-order valence-corrected chi connectivity index (χ1v) is 7.26. The lowest BCUT2D eigenvalue weighted by atomic mass is 9.92. The van der Waals surface area contributed by atoms with Crippen LogP contribution >= 0.6 is 0 Å². The van der Waals surface area contributed by atoms with Gasteiger partial charge >= 0.3 is 11.9 Å². The Morgan fingerprint density at radius 2 is 1.52 bits per heavy atom. The van der Waals surface area contributed by atoms with Crippen molar-refractivity contribution in [2.75, 3.05) is 13.7 Å². The lowest BCUT2D eigenvalue weighted by Gasteiger charge is -2.13. The zero-order valence-electron chi connectivity index (χ0n) is 13.0. The van der Waals surface area contributed by atoms with Gasteiger partial charge in [-0.2, -0.15) is 0 Å². The lowest BCUT2D eigenvalue weighted by molar-refractivity contribution is -0.156.